The summed E-state index contributed by atoms with van der Waals surface area (Å²) in [5.41, 5.74) is 1.66. The highest BCUT2D eigenvalue weighted by molar-refractivity contribution is 7.89. The molecule has 0 atom stereocenters. The molecule has 2 heterocycles. The first-order valence-corrected chi connectivity index (χ1v) is 10.4. The summed E-state index contributed by atoms with van der Waals surface area (Å²) in [6.07, 6.45) is 2.64. The standard InChI is InChI=1S/C19H26N4O3S/c1-5-10-23-18-9-8-16(27(24,25)21(2)3)12-17(18)20-19(23)14-22(4)13-15-7-6-11-26-15/h6-9,11-12H,5,10,13-14H2,1-4H3. The number of fused-ring (bicyclic) bond motifs is 1. The van der Waals surface area contributed by atoms with Crippen molar-refractivity contribution in [3.05, 3.63) is 48.2 Å². The monoisotopic (exact) mass is 390 g/mol. The van der Waals surface area contributed by atoms with Crippen molar-refractivity contribution in [3.8, 4) is 0 Å². The molecule has 0 unspecified atom stereocenters. The van der Waals surface area contributed by atoms with Gasteiger partial charge >= 0.3 is 0 Å². The number of sulfonamides is 1. The van der Waals surface area contributed by atoms with Crippen LogP contribution < -0.4 is 0 Å². The third-order valence-corrected chi connectivity index (χ3v) is 6.25. The Morgan fingerprint density at radius 2 is 1.93 bits per heavy atom. The molecule has 8 heteroatoms. The molecule has 0 fully saturated rings. The number of hydrogen-bond donors (Lipinski definition) is 0. The molecule has 0 radical (unpaired) electrons. The molecule has 146 valence electrons. The van der Waals surface area contributed by atoms with Crippen molar-refractivity contribution < 1.29 is 12.8 Å². The second kappa shape index (κ2) is 7.84. The molecule has 0 saturated carbocycles. The zero-order valence-corrected chi connectivity index (χ0v) is 17.0. The molecular weight excluding hydrogens is 364 g/mol. The SMILES string of the molecule is CCCn1c(CN(C)Cc2ccco2)nc2cc(S(=O)(=O)N(C)C)ccc21. The Kier molecular flexibility index (Phi) is 5.69. The minimum Gasteiger partial charge on any atom is -0.468 e. The van der Waals surface area contributed by atoms with Crippen LogP contribution >= 0.6 is 0 Å². The molecular formula is C19H26N4O3S. The Morgan fingerprint density at radius 3 is 2.56 bits per heavy atom. The summed E-state index contributed by atoms with van der Waals surface area (Å²) in [6, 6.07) is 8.99. The van der Waals surface area contributed by atoms with Gasteiger partial charge in [0.15, 0.2) is 0 Å². The van der Waals surface area contributed by atoms with Gasteiger partial charge in [-0.25, -0.2) is 17.7 Å². The molecule has 3 aromatic rings. The van der Waals surface area contributed by atoms with Crippen LogP contribution in [-0.4, -0.2) is 48.3 Å². The molecule has 3 rings (SSSR count). The number of aromatic nitrogens is 2. The van der Waals surface area contributed by atoms with E-state index in [0.29, 0.717) is 18.6 Å². The lowest BCUT2D eigenvalue weighted by molar-refractivity contribution is 0.277. The summed E-state index contributed by atoms with van der Waals surface area (Å²) < 4.78 is 33.6. The molecule has 0 saturated heterocycles. The van der Waals surface area contributed by atoms with Crippen molar-refractivity contribution in [2.45, 2.75) is 37.9 Å². The van der Waals surface area contributed by atoms with Crippen molar-refractivity contribution in [2.75, 3.05) is 21.1 Å². The molecule has 0 aliphatic carbocycles. The molecule has 0 aliphatic rings. The maximum atomic E-state index is 12.4. The second-order valence-corrected chi connectivity index (χ2v) is 9.02. The number of nitrogens with zero attached hydrogens (tertiary/aromatic N) is 4. The Morgan fingerprint density at radius 1 is 1.15 bits per heavy atom. The Labute approximate surface area is 160 Å². The largest absolute Gasteiger partial charge is 0.468 e. The summed E-state index contributed by atoms with van der Waals surface area (Å²) in [6.45, 7) is 4.28. The van der Waals surface area contributed by atoms with Crippen LogP contribution in [0.3, 0.4) is 0 Å². The van der Waals surface area contributed by atoms with Gasteiger partial charge < -0.3 is 8.98 Å². The normalized spacial score (nSPS) is 12.5. The lowest BCUT2D eigenvalue weighted by atomic mass is 10.3. The first-order chi connectivity index (χ1) is 12.8. The minimum absolute atomic E-state index is 0.261. The predicted molar refractivity (Wildman–Crippen MR) is 105 cm³/mol. The van der Waals surface area contributed by atoms with E-state index in [4.69, 9.17) is 9.40 Å². The molecule has 27 heavy (non-hydrogen) atoms. The van der Waals surface area contributed by atoms with Crippen molar-refractivity contribution >= 4 is 21.1 Å². The maximum absolute atomic E-state index is 12.4. The van der Waals surface area contributed by atoms with Gasteiger partial charge in [-0.05, 0) is 43.8 Å². The molecule has 0 spiro atoms. The highest BCUT2D eigenvalue weighted by Crippen LogP contribution is 2.23. The van der Waals surface area contributed by atoms with E-state index in [-0.39, 0.29) is 4.90 Å². The molecule has 7 nitrogen and oxygen atoms in total. The van der Waals surface area contributed by atoms with Crippen LogP contribution in [0.15, 0.2) is 45.9 Å². The van der Waals surface area contributed by atoms with Crippen LogP contribution in [0, 0.1) is 0 Å². The third-order valence-electron chi connectivity index (χ3n) is 4.44. The average Bonchev–Trinajstić information content (AvgIpc) is 3.23. The zero-order chi connectivity index (χ0) is 19.6. The zero-order valence-electron chi connectivity index (χ0n) is 16.2. The van der Waals surface area contributed by atoms with E-state index in [1.165, 1.54) is 18.4 Å². The van der Waals surface area contributed by atoms with E-state index in [1.54, 1.807) is 18.4 Å². The summed E-state index contributed by atoms with van der Waals surface area (Å²) in [7, 11) is 1.60. The van der Waals surface area contributed by atoms with Crippen LogP contribution in [0.25, 0.3) is 11.0 Å². The van der Waals surface area contributed by atoms with Crippen molar-refractivity contribution in [1.82, 2.24) is 18.8 Å². The molecule has 2 aromatic heterocycles. The van der Waals surface area contributed by atoms with Gasteiger partial charge in [0.05, 0.1) is 35.3 Å². The lowest BCUT2D eigenvalue weighted by Gasteiger charge is -2.16. The maximum Gasteiger partial charge on any atom is 0.242 e. The van der Waals surface area contributed by atoms with Gasteiger partial charge in [0.25, 0.3) is 0 Å². The Balaban J connectivity index is 1.95. The van der Waals surface area contributed by atoms with E-state index in [9.17, 15) is 8.42 Å². The topological polar surface area (TPSA) is 71.6 Å². The molecule has 0 N–H and O–H groups in total. The van der Waals surface area contributed by atoms with Gasteiger partial charge in [-0.15, -0.1) is 0 Å². The van der Waals surface area contributed by atoms with Gasteiger partial charge in [0.1, 0.15) is 11.6 Å². The first kappa shape index (κ1) is 19.6. The minimum atomic E-state index is -3.48. The van der Waals surface area contributed by atoms with Gasteiger partial charge in [0, 0.05) is 20.6 Å². The number of furan rings is 1. The van der Waals surface area contributed by atoms with Gasteiger partial charge in [-0.1, -0.05) is 6.92 Å². The average molecular weight is 391 g/mol. The molecule has 1 aromatic carbocycles. The summed E-state index contributed by atoms with van der Waals surface area (Å²) in [4.78, 5) is 7.13. The van der Waals surface area contributed by atoms with E-state index in [2.05, 4.69) is 16.4 Å². The number of imidazole rings is 1. The Hall–Kier alpha value is -2.16. The van der Waals surface area contributed by atoms with Crippen LogP contribution in [0.5, 0.6) is 0 Å². The fraction of sp³-hybridized carbons (Fsp3) is 0.421. The van der Waals surface area contributed by atoms with E-state index in [0.717, 1.165) is 30.1 Å². The van der Waals surface area contributed by atoms with Crippen LogP contribution in [0.4, 0.5) is 0 Å². The van der Waals surface area contributed by atoms with E-state index < -0.39 is 10.0 Å². The summed E-state index contributed by atoms with van der Waals surface area (Å²) in [5.74, 6) is 1.82. The smallest absolute Gasteiger partial charge is 0.242 e. The van der Waals surface area contributed by atoms with Crippen LogP contribution in [0.2, 0.25) is 0 Å². The molecule has 0 bridgehead atoms. The third kappa shape index (κ3) is 4.07. The van der Waals surface area contributed by atoms with Gasteiger partial charge in [0.2, 0.25) is 10.0 Å². The van der Waals surface area contributed by atoms with Gasteiger partial charge in [-0.2, -0.15) is 0 Å². The summed E-state index contributed by atoms with van der Waals surface area (Å²) >= 11 is 0. The molecule has 0 amide bonds. The fourth-order valence-corrected chi connectivity index (χ4v) is 4.01. The predicted octanol–water partition coefficient (Wildman–Crippen LogP) is 2.92. The van der Waals surface area contributed by atoms with Gasteiger partial charge in [-0.3, -0.25) is 4.90 Å². The number of aryl methyl sites for hydroxylation is 1. The number of rotatable bonds is 8. The first-order valence-electron chi connectivity index (χ1n) is 8.95. The Bertz CT molecular complexity index is 1010. The van der Waals surface area contributed by atoms with Crippen molar-refractivity contribution in [2.24, 2.45) is 0 Å². The van der Waals surface area contributed by atoms with E-state index >= 15 is 0 Å². The fourth-order valence-electron chi connectivity index (χ4n) is 3.09. The highest BCUT2D eigenvalue weighted by Gasteiger charge is 2.20. The lowest BCUT2D eigenvalue weighted by Crippen LogP contribution is -2.22. The second-order valence-electron chi connectivity index (χ2n) is 6.87. The quantitative estimate of drug-likeness (QED) is 0.591. The van der Waals surface area contributed by atoms with E-state index in [1.807, 2.05) is 25.2 Å². The van der Waals surface area contributed by atoms with Crippen molar-refractivity contribution in [1.29, 1.82) is 0 Å². The van der Waals surface area contributed by atoms with Crippen LogP contribution in [-0.2, 0) is 29.7 Å². The highest BCUT2D eigenvalue weighted by atomic mass is 32.2. The number of hydrogen-bond acceptors (Lipinski definition) is 5. The van der Waals surface area contributed by atoms with Crippen LogP contribution in [0.1, 0.15) is 24.9 Å². The number of benzene rings is 1. The van der Waals surface area contributed by atoms with Crippen molar-refractivity contribution in [3.63, 3.8) is 0 Å². The summed E-state index contributed by atoms with van der Waals surface area (Å²) in [5, 5.41) is 0. The molecule has 0 aliphatic heterocycles.